The quantitative estimate of drug-likeness (QED) is 0.885. The zero-order chi connectivity index (χ0) is 12.8. The molecular weight excluding hydrogens is 240 g/mol. The number of amides is 1. The van der Waals surface area contributed by atoms with Gasteiger partial charge in [-0.05, 0) is 38.0 Å². The van der Waals surface area contributed by atoms with Gasteiger partial charge in [0.2, 0.25) is 5.82 Å². The molecule has 0 bridgehead atoms. The molecule has 2 aliphatic carbocycles. The molecular formula is C14H20N4O. The summed E-state index contributed by atoms with van der Waals surface area (Å²) in [6.07, 6.45) is 8.55. The summed E-state index contributed by atoms with van der Waals surface area (Å²) < 4.78 is 0. The minimum atomic E-state index is 0.0394. The number of hydrogen-bond acceptors (Lipinski definition) is 3. The van der Waals surface area contributed by atoms with Crippen LogP contribution in [0.1, 0.15) is 67.3 Å². The topological polar surface area (TPSA) is 61.9 Å². The van der Waals surface area contributed by atoms with Crippen LogP contribution < -0.4 is 0 Å². The number of nitrogens with one attached hydrogen (secondary N) is 1. The van der Waals surface area contributed by atoms with E-state index in [4.69, 9.17) is 0 Å². The number of fused-ring (bicyclic) bond motifs is 1. The van der Waals surface area contributed by atoms with Crippen LogP contribution in [0.4, 0.5) is 0 Å². The lowest BCUT2D eigenvalue weighted by Crippen LogP contribution is -2.39. The van der Waals surface area contributed by atoms with E-state index < -0.39 is 0 Å². The van der Waals surface area contributed by atoms with Crippen LogP contribution in [0.5, 0.6) is 0 Å². The van der Waals surface area contributed by atoms with Crippen molar-refractivity contribution in [3.8, 4) is 0 Å². The third kappa shape index (κ3) is 1.95. The van der Waals surface area contributed by atoms with Crippen LogP contribution >= 0.6 is 0 Å². The molecule has 102 valence electrons. The van der Waals surface area contributed by atoms with Crippen LogP contribution in [-0.4, -0.2) is 38.6 Å². The van der Waals surface area contributed by atoms with Gasteiger partial charge in [0, 0.05) is 18.5 Å². The first-order valence-corrected chi connectivity index (χ1v) is 7.56. The molecule has 5 heteroatoms. The molecule has 3 aliphatic rings. The molecule has 1 saturated heterocycles. The van der Waals surface area contributed by atoms with Gasteiger partial charge < -0.3 is 4.90 Å². The van der Waals surface area contributed by atoms with Gasteiger partial charge in [-0.2, -0.15) is 0 Å². The highest BCUT2D eigenvalue weighted by Crippen LogP contribution is 2.39. The minimum Gasteiger partial charge on any atom is -0.333 e. The Kier molecular flexibility index (Phi) is 2.60. The number of hydrogen-bond donors (Lipinski definition) is 1. The lowest BCUT2D eigenvalue weighted by Gasteiger charge is -2.30. The Hall–Kier alpha value is -1.39. The zero-order valence-corrected chi connectivity index (χ0v) is 11.1. The first kappa shape index (κ1) is 11.4. The Morgan fingerprint density at radius 2 is 2.00 bits per heavy atom. The summed E-state index contributed by atoms with van der Waals surface area (Å²) in [6, 6.07) is 0.448. The van der Waals surface area contributed by atoms with Gasteiger partial charge in [-0.3, -0.25) is 9.89 Å². The van der Waals surface area contributed by atoms with E-state index in [2.05, 4.69) is 15.2 Å². The fraction of sp³-hybridized carbons (Fsp3) is 0.786. The van der Waals surface area contributed by atoms with Gasteiger partial charge in [-0.1, -0.05) is 12.8 Å². The highest BCUT2D eigenvalue weighted by molar-refractivity contribution is 5.90. The van der Waals surface area contributed by atoms with Crippen molar-refractivity contribution in [2.24, 2.45) is 5.92 Å². The van der Waals surface area contributed by atoms with E-state index >= 15 is 0 Å². The van der Waals surface area contributed by atoms with Gasteiger partial charge >= 0.3 is 0 Å². The van der Waals surface area contributed by atoms with Crippen molar-refractivity contribution in [3.05, 3.63) is 11.6 Å². The Morgan fingerprint density at radius 1 is 1.16 bits per heavy atom. The Labute approximate surface area is 112 Å². The predicted octanol–water partition coefficient (Wildman–Crippen LogP) is 2.09. The van der Waals surface area contributed by atoms with Crippen LogP contribution in [0.15, 0.2) is 0 Å². The zero-order valence-electron chi connectivity index (χ0n) is 11.1. The molecule has 1 amide bonds. The Bertz CT molecular complexity index is 493. The monoisotopic (exact) mass is 260 g/mol. The molecule has 3 fully saturated rings. The van der Waals surface area contributed by atoms with Crippen molar-refractivity contribution >= 4 is 5.91 Å². The second kappa shape index (κ2) is 4.32. The van der Waals surface area contributed by atoms with Crippen molar-refractivity contribution in [1.29, 1.82) is 0 Å². The summed E-state index contributed by atoms with van der Waals surface area (Å²) in [5.74, 6) is 2.57. The van der Waals surface area contributed by atoms with E-state index in [0.29, 0.717) is 17.8 Å². The summed E-state index contributed by atoms with van der Waals surface area (Å²) in [7, 11) is 0. The van der Waals surface area contributed by atoms with Crippen molar-refractivity contribution in [1.82, 2.24) is 20.1 Å². The summed E-state index contributed by atoms with van der Waals surface area (Å²) in [6.45, 7) is 0.890. The normalized spacial score (nSPS) is 30.4. The van der Waals surface area contributed by atoms with E-state index in [1.54, 1.807) is 0 Å². The number of aromatic nitrogens is 3. The maximum atomic E-state index is 12.5. The van der Waals surface area contributed by atoms with Crippen molar-refractivity contribution < 1.29 is 4.79 Å². The fourth-order valence-corrected chi connectivity index (χ4v) is 3.70. The maximum Gasteiger partial charge on any atom is 0.293 e. The van der Waals surface area contributed by atoms with Crippen LogP contribution in [0.25, 0.3) is 0 Å². The van der Waals surface area contributed by atoms with Crippen molar-refractivity contribution in [3.63, 3.8) is 0 Å². The third-order valence-corrected chi connectivity index (χ3v) is 4.93. The van der Waals surface area contributed by atoms with E-state index in [-0.39, 0.29) is 5.91 Å². The Morgan fingerprint density at radius 3 is 2.84 bits per heavy atom. The van der Waals surface area contributed by atoms with Crippen molar-refractivity contribution in [2.45, 2.75) is 56.9 Å². The Balaban J connectivity index is 1.52. The molecule has 0 aromatic carbocycles. The van der Waals surface area contributed by atoms with Gasteiger partial charge in [-0.15, -0.1) is 5.10 Å². The second-order valence-corrected chi connectivity index (χ2v) is 6.22. The molecule has 2 heterocycles. The maximum absolute atomic E-state index is 12.5. The SMILES string of the molecule is O=C(c1n[nH]c(C2CC2)n1)N1CCC2CCCCC21. The third-order valence-electron chi connectivity index (χ3n) is 4.93. The highest BCUT2D eigenvalue weighted by atomic mass is 16.2. The number of H-pyrrole nitrogens is 1. The summed E-state index contributed by atoms with van der Waals surface area (Å²) >= 11 is 0. The first-order chi connectivity index (χ1) is 9.33. The van der Waals surface area contributed by atoms with Crippen molar-refractivity contribution in [2.75, 3.05) is 6.54 Å². The standard InChI is InChI=1S/C14H20N4O/c19-14(13-15-12(16-17-13)10-5-6-10)18-8-7-9-3-1-2-4-11(9)18/h9-11H,1-8H2,(H,15,16,17). The predicted molar refractivity (Wildman–Crippen MR) is 69.8 cm³/mol. The molecule has 19 heavy (non-hydrogen) atoms. The van der Waals surface area contributed by atoms with Crippen LogP contribution in [-0.2, 0) is 0 Å². The number of likely N-dealkylation sites (tertiary alicyclic amines) is 1. The number of rotatable bonds is 2. The second-order valence-electron chi connectivity index (χ2n) is 6.22. The largest absolute Gasteiger partial charge is 0.333 e. The van der Waals surface area contributed by atoms with Crippen LogP contribution in [0.2, 0.25) is 0 Å². The highest BCUT2D eigenvalue weighted by Gasteiger charge is 2.39. The van der Waals surface area contributed by atoms with Crippen LogP contribution in [0, 0.1) is 5.92 Å². The van der Waals surface area contributed by atoms with Gasteiger partial charge in [0.15, 0.2) is 0 Å². The molecule has 5 nitrogen and oxygen atoms in total. The lowest BCUT2D eigenvalue weighted by molar-refractivity contribution is 0.0678. The molecule has 1 aromatic rings. The smallest absolute Gasteiger partial charge is 0.293 e. The first-order valence-electron chi connectivity index (χ1n) is 7.56. The minimum absolute atomic E-state index is 0.0394. The number of nitrogens with zero attached hydrogens (tertiary/aromatic N) is 3. The van der Waals surface area contributed by atoms with E-state index in [0.717, 1.165) is 31.1 Å². The molecule has 0 spiro atoms. The average Bonchev–Trinajstić information content (AvgIpc) is 3.03. The molecule has 2 atom stereocenters. The van der Waals surface area contributed by atoms with E-state index in [1.807, 2.05) is 4.90 Å². The molecule has 2 saturated carbocycles. The van der Waals surface area contributed by atoms with Gasteiger partial charge in [0.1, 0.15) is 5.82 Å². The van der Waals surface area contributed by atoms with Crippen LogP contribution in [0.3, 0.4) is 0 Å². The lowest BCUT2D eigenvalue weighted by atomic mass is 9.85. The van der Waals surface area contributed by atoms with Gasteiger partial charge in [0.25, 0.3) is 5.91 Å². The molecule has 2 unspecified atom stereocenters. The average molecular weight is 260 g/mol. The molecule has 4 rings (SSSR count). The fourth-order valence-electron chi connectivity index (χ4n) is 3.70. The summed E-state index contributed by atoms with van der Waals surface area (Å²) in [4.78, 5) is 19.0. The van der Waals surface area contributed by atoms with E-state index in [9.17, 15) is 4.79 Å². The molecule has 1 aliphatic heterocycles. The molecule has 1 aromatic heterocycles. The van der Waals surface area contributed by atoms with Gasteiger partial charge in [0.05, 0.1) is 0 Å². The number of aromatic amines is 1. The molecule has 1 N–H and O–H groups in total. The summed E-state index contributed by atoms with van der Waals surface area (Å²) in [5.41, 5.74) is 0. The molecule has 0 radical (unpaired) electrons. The van der Waals surface area contributed by atoms with E-state index in [1.165, 1.54) is 32.1 Å². The number of carbonyl (C=O) groups is 1. The summed E-state index contributed by atoms with van der Waals surface area (Å²) in [5, 5.41) is 7.07. The number of carbonyl (C=O) groups excluding carboxylic acids is 1. The van der Waals surface area contributed by atoms with Gasteiger partial charge in [-0.25, -0.2) is 4.98 Å².